The number of sulfonamides is 1. The van der Waals surface area contributed by atoms with Crippen molar-refractivity contribution in [1.82, 2.24) is 0 Å². The van der Waals surface area contributed by atoms with E-state index in [0.717, 1.165) is 0 Å². The molecule has 0 unspecified atom stereocenters. The van der Waals surface area contributed by atoms with Crippen LogP contribution in [-0.2, 0) is 19.6 Å². The summed E-state index contributed by atoms with van der Waals surface area (Å²) in [6.07, 6.45) is -1.11. The van der Waals surface area contributed by atoms with Crippen molar-refractivity contribution in [2.24, 2.45) is 5.14 Å². The molecule has 0 fully saturated rings. The predicted octanol–water partition coefficient (Wildman–Crippen LogP) is 1.54. The van der Waals surface area contributed by atoms with Gasteiger partial charge >= 0.3 is 5.97 Å². The lowest BCUT2D eigenvalue weighted by Crippen LogP contribution is -2.30. The topological polar surface area (TPSA) is 134 Å². The van der Waals surface area contributed by atoms with E-state index in [2.05, 4.69) is 5.32 Å². The van der Waals surface area contributed by atoms with E-state index >= 15 is 0 Å². The zero-order chi connectivity index (χ0) is 20.9. The van der Waals surface area contributed by atoms with E-state index in [4.69, 9.17) is 19.3 Å². The molecule has 9 nitrogen and oxygen atoms in total. The molecule has 0 aromatic heterocycles. The summed E-state index contributed by atoms with van der Waals surface area (Å²) in [5.74, 6) is -0.521. The number of primary sulfonamides is 1. The molecule has 0 saturated heterocycles. The molecule has 0 saturated carbocycles. The fourth-order valence-electron chi connectivity index (χ4n) is 2.18. The van der Waals surface area contributed by atoms with Crippen molar-refractivity contribution < 1.29 is 32.2 Å². The second-order valence-corrected chi connectivity index (χ2v) is 7.27. The van der Waals surface area contributed by atoms with Gasteiger partial charge in [-0.1, -0.05) is 0 Å². The molecule has 3 N–H and O–H groups in total. The lowest BCUT2D eigenvalue weighted by Gasteiger charge is -2.14. The summed E-state index contributed by atoms with van der Waals surface area (Å²) in [6.45, 7) is 1.41. The zero-order valence-corrected chi connectivity index (χ0v) is 16.3. The van der Waals surface area contributed by atoms with Gasteiger partial charge in [0.15, 0.2) is 6.10 Å². The molecule has 0 aliphatic carbocycles. The number of nitrogens with two attached hydrogens (primary N) is 1. The number of hydrogen-bond acceptors (Lipinski definition) is 7. The Morgan fingerprint density at radius 2 is 1.54 bits per heavy atom. The van der Waals surface area contributed by atoms with Crippen molar-refractivity contribution in [3.63, 3.8) is 0 Å². The number of amides is 1. The van der Waals surface area contributed by atoms with Crippen LogP contribution < -0.4 is 19.9 Å². The highest BCUT2D eigenvalue weighted by Crippen LogP contribution is 2.23. The van der Waals surface area contributed by atoms with Crippen LogP contribution in [0.2, 0.25) is 0 Å². The Bertz CT molecular complexity index is 950. The first-order valence-corrected chi connectivity index (χ1v) is 9.56. The molecule has 28 heavy (non-hydrogen) atoms. The van der Waals surface area contributed by atoms with Gasteiger partial charge in [-0.25, -0.2) is 18.4 Å². The average molecular weight is 408 g/mol. The van der Waals surface area contributed by atoms with Gasteiger partial charge < -0.3 is 19.5 Å². The Morgan fingerprint density at radius 3 is 2.00 bits per heavy atom. The number of hydrogen-bond donors (Lipinski definition) is 2. The van der Waals surface area contributed by atoms with Crippen LogP contribution in [0.15, 0.2) is 47.4 Å². The number of nitrogens with one attached hydrogen (secondary N) is 1. The van der Waals surface area contributed by atoms with Crippen molar-refractivity contribution in [3.8, 4) is 11.5 Å². The first-order valence-electron chi connectivity index (χ1n) is 8.02. The molecule has 2 rings (SSSR count). The smallest absolute Gasteiger partial charge is 0.339 e. The number of anilines is 1. The predicted molar refractivity (Wildman–Crippen MR) is 101 cm³/mol. The van der Waals surface area contributed by atoms with Gasteiger partial charge in [-0.05, 0) is 43.3 Å². The van der Waals surface area contributed by atoms with Crippen LogP contribution in [0.25, 0.3) is 0 Å². The number of carbonyl (C=O) groups excluding carboxylic acids is 2. The van der Waals surface area contributed by atoms with Gasteiger partial charge in [-0.3, -0.25) is 4.79 Å². The molecule has 0 spiro atoms. The van der Waals surface area contributed by atoms with Crippen LogP contribution >= 0.6 is 0 Å². The van der Waals surface area contributed by atoms with Gasteiger partial charge in [0.1, 0.15) is 11.5 Å². The molecule has 0 aliphatic heterocycles. The first kappa shape index (κ1) is 21.2. The van der Waals surface area contributed by atoms with Crippen LogP contribution in [0.5, 0.6) is 11.5 Å². The molecule has 2 aromatic rings. The average Bonchev–Trinajstić information content (AvgIpc) is 2.67. The van der Waals surface area contributed by atoms with Crippen molar-refractivity contribution in [2.45, 2.75) is 17.9 Å². The van der Waals surface area contributed by atoms with Crippen molar-refractivity contribution in [1.29, 1.82) is 0 Å². The number of carbonyl (C=O) groups is 2. The fraction of sp³-hybridized carbons (Fsp3) is 0.222. The number of esters is 1. The molecule has 1 amide bonds. The van der Waals surface area contributed by atoms with Gasteiger partial charge in [0.2, 0.25) is 10.0 Å². The van der Waals surface area contributed by atoms with Crippen molar-refractivity contribution in [3.05, 3.63) is 48.0 Å². The van der Waals surface area contributed by atoms with Gasteiger partial charge in [-0.2, -0.15) is 0 Å². The monoisotopic (exact) mass is 408 g/mol. The molecule has 1 atom stereocenters. The van der Waals surface area contributed by atoms with E-state index in [-0.39, 0.29) is 10.5 Å². The molecule has 10 heteroatoms. The summed E-state index contributed by atoms with van der Waals surface area (Å²) >= 11 is 0. The summed E-state index contributed by atoms with van der Waals surface area (Å²) in [5.41, 5.74) is 0.483. The minimum Gasteiger partial charge on any atom is -0.497 e. The van der Waals surface area contributed by atoms with Gasteiger partial charge in [0.05, 0.1) is 24.7 Å². The van der Waals surface area contributed by atoms with E-state index in [1.54, 1.807) is 6.07 Å². The lowest BCUT2D eigenvalue weighted by atomic mass is 10.2. The SMILES string of the molecule is COc1cc(OC)cc(C(=O)O[C@H](C)C(=O)Nc2ccc(S(N)(=O)=O)cc2)c1. The van der Waals surface area contributed by atoms with E-state index in [1.807, 2.05) is 0 Å². The summed E-state index contributed by atoms with van der Waals surface area (Å²) in [5, 5.41) is 7.54. The Labute approximate surface area is 162 Å². The highest BCUT2D eigenvalue weighted by molar-refractivity contribution is 7.89. The Balaban J connectivity index is 2.05. The molecular formula is C18H20N2O7S. The van der Waals surface area contributed by atoms with Crippen LogP contribution in [-0.4, -0.2) is 40.6 Å². The maximum Gasteiger partial charge on any atom is 0.339 e. The second kappa shape index (κ2) is 8.72. The lowest BCUT2D eigenvalue weighted by molar-refractivity contribution is -0.123. The molecule has 0 radical (unpaired) electrons. The van der Waals surface area contributed by atoms with E-state index in [1.165, 1.54) is 57.5 Å². The number of benzene rings is 2. The van der Waals surface area contributed by atoms with Gasteiger partial charge in [0.25, 0.3) is 5.91 Å². The summed E-state index contributed by atoms with van der Waals surface area (Å²) < 4.78 is 37.8. The van der Waals surface area contributed by atoms with E-state index < -0.39 is 28.0 Å². The van der Waals surface area contributed by atoms with Gasteiger partial charge in [0, 0.05) is 11.8 Å². The van der Waals surface area contributed by atoms with Crippen molar-refractivity contribution in [2.75, 3.05) is 19.5 Å². The van der Waals surface area contributed by atoms with Crippen molar-refractivity contribution >= 4 is 27.6 Å². The van der Waals surface area contributed by atoms with Crippen LogP contribution in [0.1, 0.15) is 17.3 Å². The fourth-order valence-corrected chi connectivity index (χ4v) is 2.69. The van der Waals surface area contributed by atoms with Crippen LogP contribution in [0.3, 0.4) is 0 Å². The number of ether oxygens (including phenoxy) is 3. The summed E-state index contributed by atoms with van der Waals surface area (Å²) in [7, 11) is -0.934. The Hall–Kier alpha value is -3.11. The molecule has 0 bridgehead atoms. The number of rotatable bonds is 7. The summed E-state index contributed by atoms with van der Waals surface area (Å²) in [4.78, 5) is 24.4. The first-order chi connectivity index (χ1) is 13.1. The summed E-state index contributed by atoms with van der Waals surface area (Å²) in [6, 6.07) is 9.77. The second-order valence-electron chi connectivity index (χ2n) is 5.71. The third kappa shape index (κ3) is 5.44. The zero-order valence-electron chi connectivity index (χ0n) is 15.5. The normalized spacial score (nSPS) is 12.0. The molecule has 2 aromatic carbocycles. The molecular weight excluding hydrogens is 388 g/mol. The van der Waals surface area contributed by atoms with E-state index in [0.29, 0.717) is 17.2 Å². The van der Waals surface area contributed by atoms with Crippen LogP contribution in [0.4, 0.5) is 5.69 Å². The van der Waals surface area contributed by atoms with E-state index in [9.17, 15) is 18.0 Å². The largest absolute Gasteiger partial charge is 0.497 e. The molecule has 150 valence electrons. The standard InChI is InChI=1S/C18H20N2O7S/c1-11(17(21)20-13-4-6-16(7-5-13)28(19,23)24)27-18(22)12-8-14(25-2)10-15(9-12)26-3/h4-11H,1-3H3,(H,20,21)(H2,19,23,24)/t11-/m1/s1. The maximum atomic E-state index is 12.3. The minimum absolute atomic E-state index is 0.0862. The molecule has 0 aliphatic rings. The highest BCUT2D eigenvalue weighted by Gasteiger charge is 2.20. The van der Waals surface area contributed by atoms with Gasteiger partial charge in [-0.15, -0.1) is 0 Å². The quantitative estimate of drug-likeness (QED) is 0.664. The Kier molecular flexibility index (Phi) is 6.60. The molecule has 0 heterocycles. The highest BCUT2D eigenvalue weighted by atomic mass is 32.2. The van der Waals surface area contributed by atoms with Crippen LogP contribution in [0, 0.1) is 0 Å². The maximum absolute atomic E-state index is 12.3. The third-order valence-corrected chi connectivity index (χ3v) is 4.62. The third-order valence-electron chi connectivity index (χ3n) is 3.69. The Morgan fingerprint density at radius 1 is 1.00 bits per heavy atom. The number of methoxy groups -OCH3 is 2. The minimum atomic E-state index is -3.83.